The second-order valence-corrected chi connectivity index (χ2v) is 6.79. The molecule has 1 aliphatic heterocycles. The monoisotopic (exact) mass is 348 g/mol. The van der Waals surface area contributed by atoms with Gasteiger partial charge in [0.05, 0.1) is 0 Å². The van der Waals surface area contributed by atoms with Crippen molar-refractivity contribution in [2.45, 2.75) is 25.4 Å². The number of nitrogens with zero attached hydrogens (tertiary/aromatic N) is 4. The molecule has 0 unspecified atom stereocenters. The lowest BCUT2D eigenvalue weighted by Gasteiger charge is -2.24. The average molecular weight is 349 g/mol. The molecule has 0 amide bonds. The fourth-order valence-corrected chi connectivity index (χ4v) is 3.30. The highest BCUT2D eigenvalue weighted by Crippen LogP contribution is 2.28. The lowest BCUT2D eigenvalue weighted by Crippen LogP contribution is -2.32. The van der Waals surface area contributed by atoms with E-state index in [9.17, 15) is 0 Å². The number of hydrogen-bond acceptors (Lipinski definition) is 3. The van der Waals surface area contributed by atoms with Gasteiger partial charge in [-0.05, 0) is 67.6 Å². The first-order chi connectivity index (χ1) is 10.0. The van der Waals surface area contributed by atoms with E-state index in [1.54, 1.807) is 0 Å². The first-order valence-electron chi connectivity index (χ1n) is 7.27. The van der Waals surface area contributed by atoms with Crippen molar-refractivity contribution in [1.29, 1.82) is 0 Å². The molecule has 0 aliphatic carbocycles. The molecule has 0 saturated carbocycles. The number of halogens is 1. The molecule has 21 heavy (non-hydrogen) atoms. The number of hydrogen-bond donors (Lipinski definition) is 0. The van der Waals surface area contributed by atoms with Crippen LogP contribution in [0.2, 0.25) is 0 Å². The molecule has 5 heteroatoms. The average Bonchev–Trinajstić information content (AvgIpc) is 3.05. The van der Waals surface area contributed by atoms with Crippen molar-refractivity contribution >= 4 is 21.6 Å². The quantitative estimate of drug-likeness (QED) is 0.851. The second kappa shape index (κ2) is 5.81. The Morgan fingerprint density at radius 3 is 2.38 bits per heavy atom. The molecule has 3 rings (SSSR count). The molecular weight excluding hydrogens is 328 g/mol. The fraction of sp³-hybridized carbons (Fsp3) is 0.438. The Morgan fingerprint density at radius 2 is 1.86 bits per heavy atom. The highest BCUT2D eigenvalue weighted by Gasteiger charge is 2.30. The van der Waals surface area contributed by atoms with Crippen LogP contribution in [0.15, 0.2) is 41.4 Å². The molecule has 2 aromatic rings. The summed E-state index contributed by atoms with van der Waals surface area (Å²) in [5.74, 6) is 0. The van der Waals surface area contributed by atoms with Gasteiger partial charge < -0.3 is 14.4 Å². The highest BCUT2D eigenvalue weighted by molar-refractivity contribution is 9.10. The van der Waals surface area contributed by atoms with Gasteiger partial charge in [0.2, 0.25) is 0 Å². The van der Waals surface area contributed by atoms with Gasteiger partial charge in [-0.1, -0.05) is 0 Å². The number of anilines is 1. The normalized spacial score (nSPS) is 22.2. The Morgan fingerprint density at radius 1 is 1.19 bits per heavy atom. The van der Waals surface area contributed by atoms with Gasteiger partial charge in [-0.25, -0.2) is 4.98 Å². The minimum absolute atomic E-state index is 0.589. The van der Waals surface area contributed by atoms with Gasteiger partial charge in [-0.15, -0.1) is 0 Å². The molecule has 0 N–H and O–H groups in total. The van der Waals surface area contributed by atoms with Crippen LogP contribution in [0.25, 0.3) is 5.69 Å². The Hall–Kier alpha value is -1.33. The summed E-state index contributed by atoms with van der Waals surface area (Å²) in [4.78, 5) is 9.02. The topological polar surface area (TPSA) is 24.3 Å². The second-order valence-electron chi connectivity index (χ2n) is 5.97. The van der Waals surface area contributed by atoms with Crippen molar-refractivity contribution in [1.82, 2.24) is 14.5 Å². The maximum absolute atomic E-state index is 4.20. The first-order valence-corrected chi connectivity index (χ1v) is 8.07. The maximum Gasteiger partial charge on any atom is 0.124 e. The van der Waals surface area contributed by atoms with Crippen LogP contribution in [0.5, 0.6) is 0 Å². The summed E-state index contributed by atoms with van der Waals surface area (Å²) in [5, 5.41) is 0. The smallest absolute Gasteiger partial charge is 0.124 e. The molecule has 1 fully saturated rings. The van der Waals surface area contributed by atoms with Crippen LogP contribution in [0.4, 0.5) is 5.69 Å². The largest absolute Gasteiger partial charge is 0.367 e. The number of rotatable bonds is 3. The van der Waals surface area contributed by atoms with E-state index in [2.05, 4.69) is 76.0 Å². The number of aromatic nitrogens is 2. The minimum atomic E-state index is 0.589. The van der Waals surface area contributed by atoms with Gasteiger partial charge in [-0.2, -0.15) is 0 Å². The Bertz CT molecular complexity index is 605. The standard InChI is InChI=1S/C16H21BrN4/c1-12-8-15(19(2)3)9-21(12)14-6-4-13(5-7-14)20-10-16(17)18-11-20/h4-7,10-12,15H,8-9H2,1-3H3/t12-,15+/m0/s1. The predicted octanol–water partition coefficient (Wildman–Crippen LogP) is 3.16. The van der Waals surface area contributed by atoms with E-state index < -0.39 is 0 Å². The molecule has 1 aromatic heterocycles. The van der Waals surface area contributed by atoms with Crippen molar-refractivity contribution in [3.8, 4) is 5.69 Å². The van der Waals surface area contributed by atoms with Crippen molar-refractivity contribution in [2.24, 2.45) is 0 Å². The van der Waals surface area contributed by atoms with Crippen LogP contribution in [-0.2, 0) is 0 Å². The molecule has 0 bridgehead atoms. The third-order valence-corrected chi connectivity index (χ3v) is 4.72. The molecule has 0 spiro atoms. The molecule has 2 heterocycles. The molecule has 4 nitrogen and oxygen atoms in total. The molecule has 1 aliphatic rings. The van der Waals surface area contributed by atoms with E-state index in [1.165, 1.54) is 12.1 Å². The van der Waals surface area contributed by atoms with Crippen molar-refractivity contribution < 1.29 is 0 Å². The molecular formula is C16H21BrN4. The van der Waals surface area contributed by atoms with E-state index in [0.29, 0.717) is 12.1 Å². The van der Waals surface area contributed by atoms with E-state index in [-0.39, 0.29) is 0 Å². The van der Waals surface area contributed by atoms with Crippen LogP contribution in [0, 0.1) is 0 Å². The first kappa shape index (κ1) is 14.6. The maximum atomic E-state index is 4.20. The van der Waals surface area contributed by atoms with Crippen LogP contribution in [0.1, 0.15) is 13.3 Å². The lowest BCUT2D eigenvalue weighted by molar-refractivity contribution is 0.311. The number of imidazole rings is 1. The van der Waals surface area contributed by atoms with Gasteiger partial charge in [0.25, 0.3) is 0 Å². The van der Waals surface area contributed by atoms with Crippen LogP contribution < -0.4 is 4.90 Å². The van der Waals surface area contributed by atoms with Gasteiger partial charge in [0.1, 0.15) is 10.9 Å². The minimum Gasteiger partial charge on any atom is -0.367 e. The zero-order valence-corrected chi connectivity index (χ0v) is 14.3. The summed E-state index contributed by atoms with van der Waals surface area (Å²) in [5.41, 5.74) is 2.43. The van der Waals surface area contributed by atoms with E-state index in [1.807, 2.05) is 17.1 Å². The molecule has 0 radical (unpaired) electrons. The third kappa shape index (κ3) is 2.99. The van der Waals surface area contributed by atoms with Crippen LogP contribution in [0.3, 0.4) is 0 Å². The molecule has 1 saturated heterocycles. The zero-order chi connectivity index (χ0) is 15.0. The van der Waals surface area contributed by atoms with E-state index in [0.717, 1.165) is 16.8 Å². The highest BCUT2D eigenvalue weighted by atomic mass is 79.9. The Labute approximate surface area is 134 Å². The molecule has 1 aromatic carbocycles. The van der Waals surface area contributed by atoms with E-state index >= 15 is 0 Å². The van der Waals surface area contributed by atoms with Gasteiger partial charge in [0, 0.05) is 36.2 Å². The zero-order valence-electron chi connectivity index (χ0n) is 12.7. The summed E-state index contributed by atoms with van der Waals surface area (Å²) in [6.07, 6.45) is 5.01. The third-order valence-electron chi connectivity index (χ3n) is 4.31. The van der Waals surface area contributed by atoms with Crippen molar-refractivity contribution in [3.63, 3.8) is 0 Å². The number of benzene rings is 1. The molecule has 2 atom stereocenters. The summed E-state index contributed by atoms with van der Waals surface area (Å²) >= 11 is 3.38. The van der Waals surface area contributed by atoms with Crippen molar-refractivity contribution in [2.75, 3.05) is 25.5 Å². The summed E-state index contributed by atoms with van der Waals surface area (Å²) in [6.45, 7) is 3.41. The van der Waals surface area contributed by atoms with Crippen LogP contribution >= 0.6 is 15.9 Å². The summed E-state index contributed by atoms with van der Waals surface area (Å²) in [6, 6.07) is 9.95. The Kier molecular flexibility index (Phi) is 4.04. The van der Waals surface area contributed by atoms with E-state index in [4.69, 9.17) is 0 Å². The predicted molar refractivity (Wildman–Crippen MR) is 90.2 cm³/mol. The Balaban J connectivity index is 1.78. The summed E-state index contributed by atoms with van der Waals surface area (Å²) < 4.78 is 2.87. The van der Waals surface area contributed by atoms with Gasteiger partial charge >= 0.3 is 0 Å². The van der Waals surface area contributed by atoms with Crippen molar-refractivity contribution in [3.05, 3.63) is 41.4 Å². The van der Waals surface area contributed by atoms with Gasteiger partial charge in [-0.3, -0.25) is 0 Å². The van der Waals surface area contributed by atoms with Gasteiger partial charge in [0.15, 0.2) is 0 Å². The molecule has 112 valence electrons. The number of likely N-dealkylation sites (N-methyl/N-ethyl adjacent to an activating group) is 1. The fourth-order valence-electron chi connectivity index (χ4n) is 2.99. The van der Waals surface area contributed by atoms with Crippen LogP contribution in [-0.4, -0.2) is 47.2 Å². The lowest BCUT2D eigenvalue weighted by atomic mass is 10.2. The summed E-state index contributed by atoms with van der Waals surface area (Å²) in [7, 11) is 4.34. The SMILES string of the molecule is C[C@H]1C[C@@H](N(C)C)CN1c1ccc(-n2cnc(Br)c2)cc1.